The smallest absolute Gasteiger partial charge is 0.253 e. The first-order chi connectivity index (χ1) is 13.5. The standard InChI is InChI=1S/C21H23N3O3S/c25-21(24-12-3-4-13-24)16-6-5-7-18(14-16)28(26,27)23-11-10-17-15-22-20-9-2-1-8-19(17)20/h1-2,5-9,14-15,22-23H,3-4,10-13H2. The molecular formula is C21H23N3O3S. The number of nitrogens with zero attached hydrogens (tertiary/aromatic N) is 1. The summed E-state index contributed by atoms with van der Waals surface area (Å²) in [6, 6.07) is 14.2. The van der Waals surface area contributed by atoms with Gasteiger partial charge in [-0.25, -0.2) is 13.1 Å². The molecule has 146 valence electrons. The number of aromatic amines is 1. The molecule has 7 heteroatoms. The van der Waals surface area contributed by atoms with Gasteiger partial charge in [-0.2, -0.15) is 0 Å². The molecule has 0 aliphatic carbocycles. The van der Waals surface area contributed by atoms with Crippen molar-refractivity contribution in [2.24, 2.45) is 0 Å². The molecule has 2 aromatic carbocycles. The van der Waals surface area contributed by atoms with Crippen LogP contribution in [0.2, 0.25) is 0 Å². The Balaban J connectivity index is 1.44. The van der Waals surface area contributed by atoms with Crippen LogP contribution < -0.4 is 4.72 Å². The Labute approximate surface area is 164 Å². The molecule has 0 spiro atoms. The minimum atomic E-state index is -3.68. The van der Waals surface area contributed by atoms with Gasteiger partial charge in [-0.05, 0) is 49.1 Å². The number of fused-ring (bicyclic) bond motifs is 1. The maximum Gasteiger partial charge on any atom is 0.253 e. The fraction of sp³-hybridized carbons (Fsp3) is 0.286. The van der Waals surface area contributed by atoms with E-state index in [1.54, 1.807) is 17.0 Å². The lowest BCUT2D eigenvalue weighted by molar-refractivity contribution is 0.0792. The number of H-pyrrole nitrogens is 1. The van der Waals surface area contributed by atoms with E-state index in [9.17, 15) is 13.2 Å². The van der Waals surface area contributed by atoms with Crippen LogP contribution in [0.4, 0.5) is 0 Å². The van der Waals surface area contributed by atoms with Gasteiger partial charge in [0.05, 0.1) is 4.90 Å². The first-order valence-corrected chi connectivity index (χ1v) is 11.0. The van der Waals surface area contributed by atoms with Crippen LogP contribution in [-0.2, 0) is 16.4 Å². The molecule has 0 atom stereocenters. The molecule has 0 radical (unpaired) electrons. The minimum absolute atomic E-state index is 0.103. The van der Waals surface area contributed by atoms with E-state index in [2.05, 4.69) is 9.71 Å². The van der Waals surface area contributed by atoms with Crippen LogP contribution in [0.5, 0.6) is 0 Å². The minimum Gasteiger partial charge on any atom is -0.361 e. The zero-order valence-corrected chi connectivity index (χ0v) is 16.3. The normalized spacial score (nSPS) is 14.6. The van der Waals surface area contributed by atoms with Gasteiger partial charge in [0.1, 0.15) is 0 Å². The summed E-state index contributed by atoms with van der Waals surface area (Å²) in [6.07, 6.45) is 4.49. The maximum atomic E-state index is 12.7. The fourth-order valence-corrected chi connectivity index (χ4v) is 4.72. The molecule has 4 rings (SSSR count). The first kappa shape index (κ1) is 18.7. The zero-order chi connectivity index (χ0) is 19.6. The summed E-state index contributed by atoms with van der Waals surface area (Å²) in [6.45, 7) is 1.76. The summed E-state index contributed by atoms with van der Waals surface area (Å²) in [7, 11) is -3.68. The van der Waals surface area contributed by atoms with Crippen molar-refractivity contribution in [3.63, 3.8) is 0 Å². The van der Waals surface area contributed by atoms with Crippen LogP contribution in [0.1, 0.15) is 28.8 Å². The summed E-state index contributed by atoms with van der Waals surface area (Å²) in [5, 5.41) is 1.10. The van der Waals surface area contributed by atoms with Crippen molar-refractivity contribution in [1.82, 2.24) is 14.6 Å². The Kier molecular flexibility index (Phi) is 5.19. The van der Waals surface area contributed by atoms with Gasteiger partial charge in [-0.15, -0.1) is 0 Å². The highest BCUT2D eigenvalue weighted by Crippen LogP contribution is 2.19. The lowest BCUT2D eigenvalue weighted by Crippen LogP contribution is -2.29. The third-order valence-electron chi connectivity index (χ3n) is 5.15. The predicted octanol–water partition coefficient (Wildman–Crippen LogP) is 2.92. The van der Waals surface area contributed by atoms with E-state index in [0.29, 0.717) is 12.0 Å². The lowest BCUT2D eigenvalue weighted by Gasteiger charge is -2.15. The van der Waals surface area contributed by atoms with E-state index < -0.39 is 10.0 Å². The maximum absolute atomic E-state index is 12.7. The van der Waals surface area contributed by atoms with Gasteiger partial charge in [0.25, 0.3) is 5.91 Å². The molecule has 0 bridgehead atoms. The highest BCUT2D eigenvalue weighted by Gasteiger charge is 2.21. The number of likely N-dealkylation sites (tertiary alicyclic amines) is 1. The number of rotatable bonds is 6. The average Bonchev–Trinajstić information content (AvgIpc) is 3.38. The van der Waals surface area contributed by atoms with Crippen molar-refractivity contribution in [2.75, 3.05) is 19.6 Å². The van der Waals surface area contributed by atoms with Gasteiger partial charge >= 0.3 is 0 Å². The van der Waals surface area contributed by atoms with E-state index in [1.165, 1.54) is 12.1 Å². The van der Waals surface area contributed by atoms with Gasteiger partial charge in [0, 0.05) is 42.3 Å². The SMILES string of the molecule is O=C(c1cccc(S(=O)(=O)NCCc2c[nH]c3ccccc23)c1)N1CCCC1. The Bertz CT molecular complexity index is 1100. The molecule has 1 fully saturated rings. The third kappa shape index (κ3) is 3.81. The number of carbonyl (C=O) groups excluding carboxylic acids is 1. The Morgan fingerprint density at radius 3 is 2.68 bits per heavy atom. The number of hydrogen-bond acceptors (Lipinski definition) is 3. The van der Waals surface area contributed by atoms with E-state index in [-0.39, 0.29) is 17.3 Å². The first-order valence-electron chi connectivity index (χ1n) is 9.48. The number of carbonyl (C=O) groups is 1. The van der Waals surface area contributed by atoms with Gasteiger partial charge < -0.3 is 9.88 Å². The van der Waals surface area contributed by atoms with Crippen LogP contribution in [0, 0.1) is 0 Å². The van der Waals surface area contributed by atoms with Gasteiger partial charge in [0.15, 0.2) is 0 Å². The van der Waals surface area contributed by atoms with E-state index >= 15 is 0 Å². The quantitative estimate of drug-likeness (QED) is 0.671. The number of nitrogens with one attached hydrogen (secondary N) is 2. The van der Waals surface area contributed by atoms with Crippen LogP contribution in [0.25, 0.3) is 10.9 Å². The number of benzene rings is 2. The van der Waals surface area contributed by atoms with Crippen LogP contribution in [0.3, 0.4) is 0 Å². The van der Waals surface area contributed by atoms with Crippen LogP contribution in [0.15, 0.2) is 59.6 Å². The summed E-state index contributed by atoms with van der Waals surface area (Å²) >= 11 is 0. The molecule has 2 N–H and O–H groups in total. The molecule has 1 saturated heterocycles. The highest BCUT2D eigenvalue weighted by molar-refractivity contribution is 7.89. The summed E-state index contributed by atoms with van der Waals surface area (Å²) in [5.41, 5.74) is 2.52. The summed E-state index contributed by atoms with van der Waals surface area (Å²) < 4.78 is 28.0. The molecule has 2 heterocycles. The van der Waals surface area contributed by atoms with E-state index in [4.69, 9.17) is 0 Å². The van der Waals surface area contributed by atoms with Crippen molar-refractivity contribution in [3.05, 3.63) is 65.9 Å². The Morgan fingerprint density at radius 1 is 1.07 bits per heavy atom. The second-order valence-electron chi connectivity index (χ2n) is 7.03. The van der Waals surface area contributed by atoms with Crippen LogP contribution >= 0.6 is 0 Å². The topological polar surface area (TPSA) is 82.3 Å². The molecule has 1 amide bonds. The largest absolute Gasteiger partial charge is 0.361 e. The van der Waals surface area contributed by atoms with E-state index in [1.807, 2.05) is 30.5 Å². The lowest BCUT2D eigenvalue weighted by atomic mass is 10.1. The highest BCUT2D eigenvalue weighted by atomic mass is 32.2. The number of aromatic nitrogens is 1. The van der Waals surface area contributed by atoms with Gasteiger partial charge in [-0.3, -0.25) is 4.79 Å². The van der Waals surface area contributed by atoms with Crippen molar-refractivity contribution in [1.29, 1.82) is 0 Å². The van der Waals surface area contributed by atoms with Crippen LogP contribution in [-0.4, -0.2) is 43.8 Å². The predicted molar refractivity (Wildman–Crippen MR) is 109 cm³/mol. The van der Waals surface area contributed by atoms with Crippen molar-refractivity contribution < 1.29 is 13.2 Å². The number of hydrogen-bond donors (Lipinski definition) is 2. The molecule has 6 nitrogen and oxygen atoms in total. The molecule has 28 heavy (non-hydrogen) atoms. The molecule has 1 aromatic heterocycles. The molecule has 1 aliphatic rings. The fourth-order valence-electron chi connectivity index (χ4n) is 3.64. The van der Waals surface area contributed by atoms with Gasteiger partial charge in [-0.1, -0.05) is 24.3 Å². The summed E-state index contributed by atoms with van der Waals surface area (Å²) in [4.78, 5) is 17.6. The van der Waals surface area contributed by atoms with Crippen molar-refractivity contribution in [3.8, 4) is 0 Å². The monoisotopic (exact) mass is 397 g/mol. The van der Waals surface area contributed by atoms with E-state index in [0.717, 1.165) is 42.4 Å². The van der Waals surface area contributed by atoms with Gasteiger partial charge in [0.2, 0.25) is 10.0 Å². The number of sulfonamides is 1. The van der Waals surface area contributed by atoms with Crippen molar-refractivity contribution >= 4 is 26.8 Å². The average molecular weight is 398 g/mol. The number of amides is 1. The number of para-hydroxylation sites is 1. The molecular weight excluding hydrogens is 374 g/mol. The second kappa shape index (κ2) is 7.77. The zero-order valence-electron chi connectivity index (χ0n) is 15.5. The Hall–Kier alpha value is -2.64. The molecule has 0 saturated carbocycles. The Morgan fingerprint density at radius 2 is 1.86 bits per heavy atom. The second-order valence-corrected chi connectivity index (χ2v) is 8.80. The molecule has 3 aromatic rings. The van der Waals surface area contributed by atoms with Crippen molar-refractivity contribution in [2.45, 2.75) is 24.2 Å². The third-order valence-corrected chi connectivity index (χ3v) is 6.60. The molecule has 0 unspecified atom stereocenters. The summed E-state index contributed by atoms with van der Waals surface area (Å²) in [5.74, 6) is -0.103. The molecule has 1 aliphatic heterocycles.